The van der Waals surface area contributed by atoms with Crippen LogP contribution in [0.5, 0.6) is 0 Å². The fourth-order valence-electron chi connectivity index (χ4n) is 6.74. The van der Waals surface area contributed by atoms with Crippen LogP contribution in [0.1, 0.15) is 37.5 Å². The third-order valence-corrected chi connectivity index (χ3v) is 10.7. The van der Waals surface area contributed by atoms with E-state index in [9.17, 15) is 25.9 Å². The van der Waals surface area contributed by atoms with Gasteiger partial charge in [-0.3, -0.25) is 9.11 Å². The molecule has 0 radical (unpaired) electrons. The summed E-state index contributed by atoms with van der Waals surface area (Å²) in [6.45, 7) is 13.6. The Morgan fingerprint density at radius 2 is 1.38 bits per heavy atom. The highest BCUT2D eigenvalue weighted by atomic mass is 32.2. The molecule has 0 spiro atoms. The predicted octanol–water partition coefficient (Wildman–Crippen LogP) is 7.26. The molecule has 4 N–H and O–H groups in total. The molecule has 0 saturated heterocycles. The highest BCUT2D eigenvalue weighted by Crippen LogP contribution is 2.37. The second-order valence-corrected chi connectivity index (χ2v) is 15.1. The van der Waals surface area contributed by atoms with Gasteiger partial charge in [0.15, 0.2) is 0 Å². The molecule has 6 rings (SSSR count). The van der Waals surface area contributed by atoms with E-state index in [0.29, 0.717) is 51.3 Å². The lowest BCUT2D eigenvalue weighted by atomic mass is 10.0. The summed E-state index contributed by atoms with van der Waals surface area (Å²) >= 11 is 0. The minimum absolute atomic E-state index is 0.199. The molecule has 1 heterocycles. The summed E-state index contributed by atoms with van der Waals surface area (Å²) in [5.74, 6) is 0. The molecule has 1 aromatic heterocycles. The number of anilines is 4. The normalized spacial score (nSPS) is 12.2. The molecule has 11 nitrogen and oxygen atoms in total. The molecule has 13 heteroatoms. The van der Waals surface area contributed by atoms with E-state index in [0.717, 1.165) is 40.6 Å². The summed E-state index contributed by atoms with van der Waals surface area (Å²) in [5, 5.41) is 8.03. The minimum Gasteiger partial charge on any atom is -0.385 e. The third kappa shape index (κ3) is 6.33. The van der Waals surface area contributed by atoms with Gasteiger partial charge >= 0.3 is 0 Å². The van der Waals surface area contributed by atoms with Crippen LogP contribution in [0.2, 0.25) is 0 Å². The molecule has 0 saturated carbocycles. The second kappa shape index (κ2) is 13.1. The van der Waals surface area contributed by atoms with Gasteiger partial charge in [-0.05, 0) is 83.5 Å². The average molecular weight is 715 g/mol. The fraction of sp³-hybridized carbons (Fsp3) is 0.243. The van der Waals surface area contributed by atoms with E-state index in [1.807, 2.05) is 60.9 Å². The van der Waals surface area contributed by atoms with Gasteiger partial charge in [-0.2, -0.15) is 16.8 Å². The SMILES string of the molecule is CCNc1cc(S(=O)(=O)O)c(Nc2cc3c(nc4ccc(N(CC)CC)cc4[n+]3-c3c(C)cc(S(=O)(=O)O)cc3C)c3ccccc23)cc1C. The van der Waals surface area contributed by atoms with E-state index in [1.165, 1.54) is 18.2 Å². The van der Waals surface area contributed by atoms with Crippen molar-refractivity contribution >= 4 is 75.8 Å². The van der Waals surface area contributed by atoms with Crippen LogP contribution in [-0.4, -0.2) is 50.6 Å². The first-order chi connectivity index (χ1) is 23.7. The van der Waals surface area contributed by atoms with Crippen molar-refractivity contribution in [3.8, 4) is 5.69 Å². The van der Waals surface area contributed by atoms with Crippen molar-refractivity contribution in [2.24, 2.45) is 0 Å². The van der Waals surface area contributed by atoms with E-state index in [1.54, 1.807) is 19.9 Å². The van der Waals surface area contributed by atoms with Crippen LogP contribution < -0.4 is 20.1 Å². The maximum atomic E-state index is 12.7. The first kappa shape index (κ1) is 35.0. The highest BCUT2D eigenvalue weighted by molar-refractivity contribution is 7.86. The van der Waals surface area contributed by atoms with Crippen LogP contribution >= 0.6 is 0 Å². The van der Waals surface area contributed by atoms with Crippen LogP contribution in [-0.2, 0) is 20.2 Å². The summed E-state index contributed by atoms with van der Waals surface area (Å²) in [6.07, 6.45) is 0. The first-order valence-corrected chi connectivity index (χ1v) is 19.2. The molecule has 0 unspecified atom stereocenters. The van der Waals surface area contributed by atoms with Crippen molar-refractivity contribution in [3.05, 3.63) is 89.5 Å². The number of hydrogen-bond donors (Lipinski definition) is 4. The Hall–Kier alpha value is -4.82. The quantitative estimate of drug-likeness (QED) is 0.0494. The number of nitrogens with one attached hydrogen (secondary N) is 2. The Labute approximate surface area is 292 Å². The highest BCUT2D eigenvalue weighted by Gasteiger charge is 2.28. The number of nitrogens with zero attached hydrogens (tertiary/aromatic N) is 3. The lowest BCUT2D eigenvalue weighted by Crippen LogP contribution is -2.36. The molecule has 0 aliphatic heterocycles. The predicted molar refractivity (Wildman–Crippen MR) is 200 cm³/mol. The van der Waals surface area contributed by atoms with Gasteiger partial charge in [-0.1, -0.05) is 24.3 Å². The molecule has 0 aliphatic rings. The van der Waals surface area contributed by atoms with Gasteiger partial charge in [-0.25, -0.2) is 4.98 Å². The van der Waals surface area contributed by atoms with Gasteiger partial charge < -0.3 is 15.5 Å². The number of hydrogen-bond acceptors (Lipinski definition) is 8. The summed E-state index contributed by atoms with van der Waals surface area (Å²) in [6, 6.07) is 21.6. The van der Waals surface area contributed by atoms with Crippen LogP contribution in [0.25, 0.3) is 38.5 Å². The molecule has 0 amide bonds. The molecule has 6 aromatic rings. The van der Waals surface area contributed by atoms with Gasteiger partial charge in [0.25, 0.3) is 20.2 Å². The Balaban J connectivity index is 1.75. The van der Waals surface area contributed by atoms with Gasteiger partial charge in [-0.15, -0.1) is 4.57 Å². The molecule has 5 aromatic carbocycles. The van der Waals surface area contributed by atoms with E-state index in [2.05, 4.69) is 35.4 Å². The Bertz CT molecular complexity index is 2530. The summed E-state index contributed by atoms with van der Waals surface area (Å²) < 4.78 is 72.0. The van der Waals surface area contributed by atoms with Crippen LogP contribution in [0, 0.1) is 20.8 Å². The molecule has 0 fully saturated rings. The smallest absolute Gasteiger partial charge is 0.296 e. The number of aromatic nitrogens is 2. The van der Waals surface area contributed by atoms with Crippen LogP contribution in [0.15, 0.2) is 82.6 Å². The average Bonchev–Trinajstić information content (AvgIpc) is 3.05. The van der Waals surface area contributed by atoms with Crippen molar-refractivity contribution in [3.63, 3.8) is 0 Å². The zero-order valence-electron chi connectivity index (χ0n) is 28.7. The second-order valence-electron chi connectivity index (χ2n) is 12.3. The van der Waals surface area contributed by atoms with Crippen LogP contribution in [0.4, 0.5) is 22.7 Å². The zero-order valence-corrected chi connectivity index (χ0v) is 30.4. The largest absolute Gasteiger partial charge is 0.385 e. The first-order valence-electron chi connectivity index (χ1n) is 16.3. The molecule has 0 atom stereocenters. The number of fused-ring (bicyclic) bond motifs is 4. The van der Waals surface area contributed by atoms with Crippen molar-refractivity contribution in [1.82, 2.24) is 4.98 Å². The maximum absolute atomic E-state index is 12.7. The van der Waals surface area contributed by atoms with Gasteiger partial charge in [0, 0.05) is 65.0 Å². The molecular formula is C37H40N5O6S2+. The topological polar surface area (TPSA) is 153 Å². The Kier molecular flexibility index (Phi) is 9.20. The molecule has 50 heavy (non-hydrogen) atoms. The summed E-state index contributed by atoms with van der Waals surface area (Å²) in [4.78, 5) is 6.91. The maximum Gasteiger partial charge on any atom is 0.296 e. The van der Waals surface area contributed by atoms with Gasteiger partial charge in [0.2, 0.25) is 16.7 Å². The van der Waals surface area contributed by atoms with Gasteiger partial charge in [0.05, 0.1) is 16.3 Å². The molecule has 260 valence electrons. The van der Waals surface area contributed by atoms with E-state index < -0.39 is 20.2 Å². The molecule has 0 aliphatic carbocycles. The zero-order chi connectivity index (χ0) is 36.1. The van der Waals surface area contributed by atoms with E-state index in [-0.39, 0.29) is 15.5 Å². The Morgan fingerprint density at radius 3 is 1.98 bits per heavy atom. The van der Waals surface area contributed by atoms with Crippen molar-refractivity contribution < 1.29 is 30.5 Å². The summed E-state index contributed by atoms with van der Waals surface area (Å²) in [5.41, 5.74) is 7.83. The number of rotatable bonds is 10. The Morgan fingerprint density at radius 1 is 0.720 bits per heavy atom. The van der Waals surface area contributed by atoms with Gasteiger partial charge in [0.1, 0.15) is 15.9 Å². The number of aryl methyl sites for hydroxylation is 3. The van der Waals surface area contributed by atoms with Crippen molar-refractivity contribution in [1.29, 1.82) is 0 Å². The molecular weight excluding hydrogens is 675 g/mol. The monoisotopic (exact) mass is 714 g/mol. The van der Waals surface area contributed by atoms with E-state index in [4.69, 9.17) is 4.98 Å². The van der Waals surface area contributed by atoms with Crippen molar-refractivity contribution in [2.45, 2.75) is 51.3 Å². The number of benzene rings is 5. The third-order valence-electron chi connectivity index (χ3n) is 9.02. The van der Waals surface area contributed by atoms with E-state index >= 15 is 0 Å². The lowest BCUT2D eigenvalue weighted by molar-refractivity contribution is -0.539. The lowest BCUT2D eigenvalue weighted by Gasteiger charge is -2.21. The molecule has 0 bridgehead atoms. The summed E-state index contributed by atoms with van der Waals surface area (Å²) in [7, 11) is -9.09. The van der Waals surface area contributed by atoms with Crippen LogP contribution in [0.3, 0.4) is 0 Å². The fourth-order valence-corrected chi connectivity index (χ4v) is 8.05. The van der Waals surface area contributed by atoms with Crippen molar-refractivity contribution in [2.75, 3.05) is 35.2 Å². The standard InChI is InChI=1S/C37H39N5O6S2/c1-7-38-30-21-35(50(46,47)48)32(18-22(30)4)39-31-20-34-36(28-13-11-10-12-27(28)31)40-29-15-14-25(41(8-2)9-3)19-33(29)42(34)37-23(5)16-26(17-24(37)6)49(43,44)45/h10-21H,7-9H2,1-6H3,(H3,38,40,43,44,45,46,47,48)/p+1. The minimum atomic E-state index is -4.63.